The highest BCUT2D eigenvalue weighted by Gasteiger charge is 2.46. The second-order valence-electron chi connectivity index (χ2n) is 8.16. The molecule has 6 nitrogen and oxygen atoms in total. The van der Waals surface area contributed by atoms with Crippen molar-refractivity contribution in [1.82, 2.24) is 15.2 Å². The Labute approximate surface area is 155 Å². The van der Waals surface area contributed by atoms with Gasteiger partial charge in [-0.2, -0.15) is 0 Å². The summed E-state index contributed by atoms with van der Waals surface area (Å²) in [4.78, 5) is 21.3. The Morgan fingerprint density at radius 3 is 2.73 bits per heavy atom. The number of hydrogen-bond acceptors (Lipinski definition) is 4. The van der Waals surface area contributed by atoms with Crippen LogP contribution < -0.4 is 10.2 Å². The molecule has 3 aliphatic rings. The van der Waals surface area contributed by atoms with Crippen molar-refractivity contribution in [2.75, 3.05) is 31.1 Å². The van der Waals surface area contributed by atoms with Crippen molar-refractivity contribution in [1.29, 1.82) is 0 Å². The number of pyridine rings is 1. The molecule has 2 aliphatic heterocycles. The fraction of sp³-hybridized carbons (Fsp3) is 0.700. The van der Waals surface area contributed by atoms with Gasteiger partial charge < -0.3 is 20.2 Å². The summed E-state index contributed by atoms with van der Waals surface area (Å²) < 4.78 is 0. The van der Waals surface area contributed by atoms with Gasteiger partial charge in [-0.1, -0.05) is 25.3 Å². The first-order chi connectivity index (χ1) is 12.6. The first kappa shape index (κ1) is 17.6. The SMILES string of the molecule is O=C(NC1CCCCC1)N1CC[C@@]2(O)CCN(c3ccccn3)C[C@H]2C1. The number of likely N-dealkylation sites (tertiary alicyclic amines) is 1. The second kappa shape index (κ2) is 7.43. The van der Waals surface area contributed by atoms with E-state index >= 15 is 0 Å². The van der Waals surface area contributed by atoms with Crippen molar-refractivity contribution >= 4 is 11.8 Å². The molecule has 1 saturated carbocycles. The zero-order chi connectivity index (χ0) is 18.0. The van der Waals surface area contributed by atoms with Gasteiger partial charge in [0.05, 0.1) is 5.60 Å². The van der Waals surface area contributed by atoms with Crippen LogP contribution in [0.25, 0.3) is 0 Å². The molecule has 1 aromatic heterocycles. The van der Waals surface area contributed by atoms with Gasteiger partial charge in [0.15, 0.2) is 0 Å². The summed E-state index contributed by atoms with van der Waals surface area (Å²) in [6.07, 6.45) is 9.13. The van der Waals surface area contributed by atoms with Gasteiger partial charge in [0, 0.05) is 44.3 Å². The number of nitrogens with one attached hydrogen (secondary N) is 1. The summed E-state index contributed by atoms with van der Waals surface area (Å²) >= 11 is 0. The van der Waals surface area contributed by atoms with E-state index in [1.807, 2.05) is 23.1 Å². The van der Waals surface area contributed by atoms with Gasteiger partial charge >= 0.3 is 6.03 Å². The Morgan fingerprint density at radius 1 is 1.15 bits per heavy atom. The molecule has 142 valence electrons. The minimum Gasteiger partial charge on any atom is -0.389 e. The zero-order valence-electron chi connectivity index (χ0n) is 15.4. The average molecular weight is 358 g/mol. The predicted molar refractivity (Wildman–Crippen MR) is 101 cm³/mol. The number of rotatable bonds is 2. The van der Waals surface area contributed by atoms with Crippen LogP contribution in [0.15, 0.2) is 24.4 Å². The minimum atomic E-state index is -0.646. The summed E-state index contributed by atoms with van der Waals surface area (Å²) in [6.45, 7) is 2.84. The Bertz CT molecular complexity index is 619. The van der Waals surface area contributed by atoms with Crippen molar-refractivity contribution in [2.45, 2.75) is 56.6 Å². The molecular formula is C20H30N4O2. The molecule has 3 fully saturated rings. The highest BCUT2D eigenvalue weighted by molar-refractivity contribution is 5.74. The van der Waals surface area contributed by atoms with Crippen LogP contribution in [0.3, 0.4) is 0 Å². The van der Waals surface area contributed by atoms with Gasteiger partial charge in [0.1, 0.15) is 5.82 Å². The van der Waals surface area contributed by atoms with Crippen LogP contribution in [0.1, 0.15) is 44.9 Å². The maximum absolute atomic E-state index is 12.7. The standard InChI is InChI=1S/C20H30N4O2/c25-19(22-17-6-2-1-3-7-17)24-13-10-20(26)9-12-23(14-16(20)15-24)18-8-4-5-11-21-18/h4-5,8,11,16-17,26H,1-3,6-7,9-10,12-15H2,(H,22,25)/t16-,20-/m0/s1. The average Bonchev–Trinajstić information content (AvgIpc) is 2.68. The summed E-state index contributed by atoms with van der Waals surface area (Å²) in [5.41, 5.74) is -0.646. The molecule has 0 aromatic carbocycles. The third kappa shape index (κ3) is 3.65. The maximum Gasteiger partial charge on any atom is 0.317 e. The number of aliphatic hydroxyl groups is 1. The fourth-order valence-corrected chi connectivity index (χ4v) is 4.75. The van der Waals surface area contributed by atoms with E-state index < -0.39 is 5.60 Å². The van der Waals surface area contributed by atoms with Gasteiger partial charge in [-0.15, -0.1) is 0 Å². The molecule has 3 heterocycles. The maximum atomic E-state index is 12.7. The second-order valence-corrected chi connectivity index (χ2v) is 8.16. The van der Waals surface area contributed by atoms with Gasteiger partial charge in [-0.25, -0.2) is 9.78 Å². The molecular weight excluding hydrogens is 328 g/mol. The lowest BCUT2D eigenvalue weighted by atomic mass is 9.75. The summed E-state index contributed by atoms with van der Waals surface area (Å²) in [5.74, 6) is 1.03. The third-order valence-corrected chi connectivity index (χ3v) is 6.46. The van der Waals surface area contributed by atoms with E-state index in [9.17, 15) is 9.90 Å². The largest absolute Gasteiger partial charge is 0.389 e. The molecule has 2 atom stereocenters. The van der Waals surface area contributed by atoms with Crippen LogP contribution in [0.5, 0.6) is 0 Å². The molecule has 6 heteroatoms. The molecule has 1 aromatic rings. The number of amides is 2. The number of piperidine rings is 2. The number of hydrogen-bond donors (Lipinski definition) is 2. The third-order valence-electron chi connectivity index (χ3n) is 6.46. The van der Waals surface area contributed by atoms with Crippen molar-refractivity contribution in [3.63, 3.8) is 0 Å². The van der Waals surface area contributed by atoms with E-state index in [2.05, 4.69) is 15.2 Å². The number of aromatic nitrogens is 1. The Morgan fingerprint density at radius 2 is 1.96 bits per heavy atom. The lowest BCUT2D eigenvalue weighted by Gasteiger charge is -2.50. The normalized spacial score (nSPS) is 30.0. The van der Waals surface area contributed by atoms with Crippen LogP contribution >= 0.6 is 0 Å². The Balaban J connectivity index is 1.39. The number of fused-ring (bicyclic) bond motifs is 1. The van der Waals surface area contributed by atoms with Crippen LogP contribution in [-0.4, -0.2) is 58.8 Å². The van der Waals surface area contributed by atoms with E-state index in [1.54, 1.807) is 6.20 Å². The lowest BCUT2D eigenvalue weighted by Crippen LogP contribution is -2.62. The molecule has 0 radical (unpaired) electrons. The van der Waals surface area contributed by atoms with E-state index in [0.29, 0.717) is 25.6 Å². The topological polar surface area (TPSA) is 68.7 Å². The number of carbonyl (C=O) groups excluding carboxylic acids is 1. The number of nitrogens with zero attached hydrogens (tertiary/aromatic N) is 3. The first-order valence-electron chi connectivity index (χ1n) is 10.1. The van der Waals surface area contributed by atoms with Gasteiger partial charge in [-0.05, 0) is 37.8 Å². The van der Waals surface area contributed by atoms with Crippen LogP contribution in [-0.2, 0) is 0 Å². The van der Waals surface area contributed by atoms with Crippen molar-refractivity contribution < 1.29 is 9.90 Å². The van der Waals surface area contributed by atoms with Crippen molar-refractivity contribution in [3.05, 3.63) is 24.4 Å². The first-order valence-corrected chi connectivity index (χ1v) is 10.1. The molecule has 26 heavy (non-hydrogen) atoms. The van der Waals surface area contributed by atoms with Gasteiger partial charge in [0.2, 0.25) is 0 Å². The number of anilines is 1. The molecule has 4 rings (SSSR count). The van der Waals surface area contributed by atoms with Crippen LogP contribution in [0.2, 0.25) is 0 Å². The Kier molecular flexibility index (Phi) is 5.02. The van der Waals surface area contributed by atoms with Crippen LogP contribution in [0, 0.1) is 5.92 Å². The lowest BCUT2D eigenvalue weighted by molar-refractivity contribution is -0.0748. The predicted octanol–water partition coefficient (Wildman–Crippen LogP) is 2.39. The van der Waals surface area contributed by atoms with E-state index in [1.165, 1.54) is 19.3 Å². The molecule has 0 bridgehead atoms. The van der Waals surface area contributed by atoms with Crippen molar-refractivity contribution in [3.8, 4) is 0 Å². The van der Waals surface area contributed by atoms with Gasteiger partial charge in [0.25, 0.3) is 0 Å². The molecule has 2 amide bonds. The van der Waals surface area contributed by atoms with E-state index in [4.69, 9.17) is 0 Å². The highest BCUT2D eigenvalue weighted by Crippen LogP contribution is 2.36. The molecule has 1 aliphatic carbocycles. The number of urea groups is 1. The minimum absolute atomic E-state index is 0.0499. The van der Waals surface area contributed by atoms with Crippen molar-refractivity contribution in [2.24, 2.45) is 5.92 Å². The Hall–Kier alpha value is -1.82. The highest BCUT2D eigenvalue weighted by atomic mass is 16.3. The zero-order valence-corrected chi connectivity index (χ0v) is 15.4. The molecule has 0 unspecified atom stereocenters. The van der Waals surface area contributed by atoms with E-state index in [-0.39, 0.29) is 11.9 Å². The molecule has 0 spiro atoms. The molecule has 2 N–H and O–H groups in total. The fourth-order valence-electron chi connectivity index (χ4n) is 4.75. The number of carbonyl (C=O) groups is 1. The summed E-state index contributed by atoms with van der Waals surface area (Å²) in [7, 11) is 0. The quantitative estimate of drug-likeness (QED) is 0.852. The summed E-state index contributed by atoms with van der Waals surface area (Å²) in [5, 5.41) is 14.3. The smallest absolute Gasteiger partial charge is 0.317 e. The molecule has 2 saturated heterocycles. The van der Waals surface area contributed by atoms with Crippen LogP contribution in [0.4, 0.5) is 10.6 Å². The van der Waals surface area contributed by atoms with Gasteiger partial charge in [-0.3, -0.25) is 0 Å². The summed E-state index contributed by atoms with van der Waals surface area (Å²) in [6, 6.07) is 6.30. The van der Waals surface area contributed by atoms with E-state index in [0.717, 1.165) is 38.2 Å². The monoisotopic (exact) mass is 358 g/mol.